The molecule has 0 bridgehead atoms. The number of amides is 1. The topological polar surface area (TPSA) is 96.5 Å². The van der Waals surface area contributed by atoms with E-state index in [4.69, 9.17) is 4.52 Å². The number of carbonyl (C=O) groups excluding carboxylic acids is 1. The molecule has 1 saturated heterocycles. The lowest BCUT2D eigenvalue weighted by atomic mass is 9.81. The third kappa shape index (κ3) is 3.91. The summed E-state index contributed by atoms with van der Waals surface area (Å²) < 4.78 is 5.39. The molecule has 0 aromatic carbocycles. The van der Waals surface area contributed by atoms with Crippen molar-refractivity contribution < 1.29 is 19.2 Å². The van der Waals surface area contributed by atoms with Crippen molar-refractivity contribution in [3.05, 3.63) is 23.9 Å². The Labute approximate surface area is 147 Å². The van der Waals surface area contributed by atoms with Crippen LogP contribution < -0.4 is 0 Å². The second-order valence-corrected chi connectivity index (χ2v) is 6.92. The van der Waals surface area contributed by atoms with E-state index in [1.54, 1.807) is 4.90 Å². The van der Waals surface area contributed by atoms with Crippen LogP contribution in [0, 0.1) is 11.8 Å². The Morgan fingerprint density at radius 3 is 2.80 bits per heavy atom. The fourth-order valence-electron chi connectivity index (χ4n) is 3.73. The summed E-state index contributed by atoms with van der Waals surface area (Å²) in [5, 5.41) is 13.4. The molecule has 1 aliphatic heterocycles. The van der Waals surface area contributed by atoms with Crippen molar-refractivity contribution in [2.75, 3.05) is 13.1 Å². The van der Waals surface area contributed by atoms with E-state index in [9.17, 15) is 14.7 Å². The van der Waals surface area contributed by atoms with Gasteiger partial charge in [-0.15, -0.1) is 0 Å². The Morgan fingerprint density at radius 2 is 2.08 bits per heavy atom. The molecule has 1 aliphatic carbocycles. The minimum atomic E-state index is -0.891. The molecular formula is C18H25N3O4. The molecule has 2 aliphatic rings. The molecule has 3 atom stereocenters. The Morgan fingerprint density at radius 1 is 1.32 bits per heavy atom. The third-order valence-corrected chi connectivity index (χ3v) is 5.11. The lowest BCUT2D eigenvalue weighted by Crippen LogP contribution is -2.45. The number of hydrogen-bond acceptors (Lipinski definition) is 5. The molecule has 0 saturated carbocycles. The maximum Gasteiger partial charge on any atom is 0.307 e. The highest BCUT2D eigenvalue weighted by Gasteiger charge is 2.38. The maximum atomic E-state index is 12.9. The average molecular weight is 347 g/mol. The highest BCUT2D eigenvalue weighted by atomic mass is 16.5. The number of carboxylic acid groups (broad SMARTS) is 1. The van der Waals surface area contributed by atoms with Gasteiger partial charge in [0.05, 0.1) is 17.8 Å². The van der Waals surface area contributed by atoms with Crippen molar-refractivity contribution in [2.24, 2.45) is 11.8 Å². The first kappa shape index (κ1) is 17.6. The second-order valence-electron chi connectivity index (χ2n) is 6.92. The number of aromatic nitrogens is 2. The summed E-state index contributed by atoms with van der Waals surface area (Å²) >= 11 is 0. The van der Waals surface area contributed by atoms with Crippen molar-refractivity contribution in [3.63, 3.8) is 0 Å². The van der Waals surface area contributed by atoms with Crippen LogP contribution in [0.1, 0.15) is 56.7 Å². The summed E-state index contributed by atoms with van der Waals surface area (Å²) in [5.41, 5.74) is 0. The van der Waals surface area contributed by atoms with Crippen LogP contribution >= 0.6 is 0 Å². The van der Waals surface area contributed by atoms with Gasteiger partial charge >= 0.3 is 5.97 Å². The van der Waals surface area contributed by atoms with Gasteiger partial charge < -0.3 is 14.5 Å². The predicted molar refractivity (Wildman–Crippen MR) is 89.8 cm³/mol. The minimum absolute atomic E-state index is 0.0400. The van der Waals surface area contributed by atoms with Crippen molar-refractivity contribution in [2.45, 2.75) is 51.4 Å². The van der Waals surface area contributed by atoms with Gasteiger partial charge in [0.1, 0.15) is 0 Å². The van der Waals surface area contributed by atoms with Gasteiger partial charge in [-0.1, -0.05) is 24.2 Å². The molecule has 1 amide bonds. The van der Waals surface area contributed by atoms with Crippen LogP contribution in [-0.4, -0.2) is 45.1 Å². The fourth-order valence-corrected chi connectivity index (χ4v) is 3.73. The molecule has 1 aromatic heterocycles. The Hall–Kier alpha value is -2.18. The third-order valence-electron chi connectivity index (χ3n) is 5.11. The molecule has 1 fully saturated rings. The molecule has 0 radical (unpaired) electrons. The summed E-state index contributed by atoms with van der Waals surface area (Å²) in [6.07, 6.45) is 8.21. The minimum Gasteiger partial charge on any atom is -0.481 e. The van der Waals surface area contributed by atoms with Crippen LogP contribution in [0.2, 0.25) is 0 Å². The molecule has 3 rings (SSSR count). The highest BCUT2D eigenvalue weighted by molar-refractivity contribution is 5.85. The van der Waals surface area contributed by atoms with Crippen molar-refractivity contribution in [3.8, 4) is 0 Å². The molecule has 2 heterocycles. The van der Waals surface area contributed by atoms with Gasteiger partial charge in [0.2, 0.25) is 11.8 Å². The van der Waals surface area contributed by atoms with Gasteiger partial charge in [0, 0.05) is 19.5 Å². The first-order valence-electron chi connectivity index (χ1n) is 9.09. The van der Waals surface area contributed by atoms with Crippen LogP contribution in [-0.2, 0) is 16.0 Å². The summed E-state index contributed by atoms with van der Waals surface area (Å²) in [6.45, 7) is 3.26. The van der Waals surface area contributed by atoms with E-state index < -0.39 is 17.8 Å². The lowest BCUT2D eigenvalue weighted by Gasteiger charge is -2.35. The summed E-state index contributed by atoms with van der Waals surface area (Å²) in [4.78, 5) is 30.6. The standard InChI is InChI=1S/C18H25N3O4/c1-2-6-15-19-16(25-20-15)12-7-5-10-21(11-12)17(22)13-8-3-4-9-14(13)18(23)24/h3-4,12-14H,2,5-11H2,1H3,(H,23,24)/t12-,13-,14+/m1/s1. The van der Waals surface area contributed by atoms with Crippen LogP contribution in [0.25, 0.3) is 0 Å². The number of likely N-dealkylation sites (tertiary alicyclic amines) is 1. The fraction of sp³-hybridized carbons (Fsp3) is 0.667. The number of nitrogens with zero attached hydrogens (tertiary/aromatic N) is 3. The molecular weight excluding hydrogens is 322 g/mol. The number of rotatable bonds is 5. The number of carboxylic acids is 1. The molecule has 25 heavy (non-hydrogen) atoms. The van der Waals surface area contributed by atoms with E-state index in [1.807, 2.05) is 12.2 Å². The van der Waals surface area contributed by atoms with Crippen LogP contribution in [0.15, 0.2) is 16.7 Å². The van der Waals surface area contributed by atoms with E-state index >= 15 is 0 Å². The van der Waals surface area contributed by atoms with E-state index in [0.717, 1.165) is 25.7 Å². The molecule has 136 valence electrons. The normalized spacial score (nSPS) is 26.6. The second kappa shape index (κ2) is 7.80. The molecule has 1 N–H and O–H groups in total. The zero-order chi connectivity index (χ0) is 17.8. The molecule has 0 unspecified atom stereocenters. The predicted octanol–water partition coefficient (Wildman–Crippen LogP) is 2.40. The summed E-state index contributed by atoms with van der Waals surface area (Å²) in [6, 6.07) is 0. The molecule has 0 spiro atoms. The van der Waals surface area contributed by atoms with Gasteiger partial charge in [0.15, 0.2) is 5.82 Å². The maximum absolute atomic E-state index is 12.9. The van der Waals surface area contributed by atoms with Gasteiger partial charge in [-0.3, -0.25) is 9.59 Å². The highest BCUT2D eigenvalue weighted by Crippen LogP contribution is 2.31. The zero-order valence-corrected chi connectivity index (χ0v) is 14.6. The molecule has 1 aromatic rings. The van der Waals surface area contributed by atoms with E-state index in [2.05, 4.69) is 17.1 Å². The van der Waals surface area contributed by atoms with E-state index in [-0.39, 0.29) is 11.8 Å². The monoisotopic (exact) mass is 347 g/mol. The van der Waals surface area contributed by atoms with E-state index in [0.29, 0.717) is 37.6 Å². The van der Waals surface area contributed by atoms with Gasteiger partial charge in [-0.05, 0) is 32.1 Å². The number of aliphatic carboxylic acids is 1. The van der Waals surface area contributed by atoms with Gasteiger partial charge in [-0.25, -0.2) is 0 Å². The number of aryl methyl sites for hydroxylation is 1. The first-order valence-corrected chi connectivity index (χ1v) is 9.09. The Kier molecular flexibility index (Phi) is 5.50. The Balaban J connectivity index is 1.68. The zero-order valence-electron chi connectivity index (χ0n) is 14.6. The number of carbonyl (C=O) groups is 2. The Bertz CT molecular complexity index is 655. The lowest BCUT2D eigenvalue weighted by molar-refractivity contribution is -0.151. The SMILES string of the molecule is CCCc1noc([C@@H]2CCCN(C(=O)[C@@H]3CC=CC[C@@H]3C(=O)O)C2)n1. The van der Waals surface area contributed by atoms with Crippen molar-refractivity contribution >= 4 is 11.9 Å². The number of allylic oxidation sites excluding steroid dienone is 2. The number of piperidine rings is 1. The smallest absolute Gasteiger partial charge is 0.307 e. The van der Waals surface area contributed by atoms with Gasteiger partial charge in [-0.2, -0.15) is 4.98 Å². The summed E-state index contributed by atoms with van der Waals surface area (Å²) in [7, 11) is 0. The van der Waals surface area contributed by atoms with Crippen molar-refractivity contribution in [1.82, 2.24) is 15.0 Å². The van der Waals surface area contributed by atoms with Crippen LogP contribution in [0.5, 0.6) is 0 Å². The largest absolute Gasteiger partial charge is 0.481 e. The molecule has 7 heteroatoms. The summed E-state index contributed by atoms with van der Waals surface area (Å²) in [5.74, 6) is -0.703. The first-order chi connectivity index (χ1) is 12.1. The van der Waals surface area contributed by atoms with Crippen molar-refractivity contribution in [1.29, 1.82) is 0 Å². The van der Waals surface area contributed by atoms with Gasteiger partial charge in [0.25, 0.3) is 0 Å². The number of hydrogen-bond donors (Lipinski definition) is 1. The quantitative estimate of drug-likeness (QED) is 0.822. The van der Waals surface area contributed by atoms with E-state index in [1.165, 1.54) is 0 Å². The average Bonchev–Trinajstić information content (AvgIpc) is 3.10. The molecule has 7 nitrogen and oxygen atoms in total. The van der Waals surface area contributed by atoms with Crippen LogP contribution in [0.3, 0.4) is 0 Å². The van der Waals surface area contributed by atoms with Crippen LogP contribution in [0.4, 0.5) is 0 Å².